The number of nitrogens with one attached hydrogen (secondary N) is 1. The first kappa shape index (κ1) is 11.7. The van der Waals surface area contributed by atoms with Crippen molar-refractivity contribution in [3.05, 3.63) is 17.8 Å². The predicted molar refractivity (Wildman–Crippen MR) is 68.3 cm³/mol. The van der Waals surface area contributed by atoms with Gasteiger partial charge in [0.2, 0.25) is 0 Å². The van der Waals surface area contributed by atoms with Crippen molar-refractivity contribution in [2.75, 3.05) is 11.1 Å². The number of nitriles is 1. The van der Waals surface area contributed by atoms with E-state index in [0.717, 1.165) is 18.2 Å². The van der Waals surface area contributed by atoms with Gasteiger partial charge in [-0.1, -0.05) is 13.8 Å². The van der Waals surface area contributed by atoms with Crippen molar-refractivity contribution < 1.29 is 0 Å². The number of hydrogen-bond acceptors (Lipinski definition) is 4. The van der Waals surface area contributed by atoms with Gasteiger partial charge in [0.1, 0.15) is 11.9 Å². The molecular formula is C13H18N4. The molecule has 1 fully saturated rings. The lowest BCUT2D eigenvalue weighted by molar-refractivity contribution is 0.435. The van der Waals surface area contributed by atoms with E-state index in [9.17, 15) is 0 Å². The van der Waals surface area contributed by atoms with E-state index in [0.29, 0.717) is 23.3 Å². The number of nitrogen functional groups attached to an aromatic ring is 1. The number of rotatable bonds is 2. The molecule has 1 heterocycles. The summed E-state index contributed by atoms with van der Waals surface area (Å²) in [5, 5.41) is 12.3. The van der Waals surface area contributed by atoms with Gasteiger partial charge in [0.25, 0.3) is 0 Å². The Morgan fingerprint density at radius 3 is 2.76 bits per heavy atom. The summed E-state index contributed by atoms with van der Waals surface area (Å²) in [6.07, 6.45) is 2.41. The third kappa shape index (κ3) is 2.33. The quantitative estimate of drug-likeness (QED) is 0.818. The summed E-state index contributed by atoms with van der Waals surface area (Å²) in [4.78, 5) is 4.22. The van der Waals surface area contributed by atoms with Crippen LogP contribution in [-0.2, 0) is 0 Å². The van der Waals surface area contributed by atoms with E-state index in [4.69, 9.17) is 11.0 Å². The van der Waals surface area contributed by atoms with Gasteiger partial charge in [0.05, 0.1) is 5.69 Å². The Morgan fingerprint density at radius 2 is 2.18 bits per heavy atom. The van der Waals surface area contributed by atoms with Crippen molar-refractivity contribution in [3.8, 4) is 6.07 Å². The molecule has 2 rings (SSSR count). The lowest BCUT2D eigenvalue weighted by Gasteiger charge is -2.20. The maximum atomic E-state index is 8.88. The fourth-order valence-corrected chi connectivity index (χ4v) is 2.40. The molecule has 90 valence electrons. The molecule has 3 atom stereocenters. The highest BCUT2D eigenvalue weighted by Gasteiger charge is 2.29. The van der Waals surface area contributed by atoms with Gasteiger partial charge in [-0.15, -0.1) is 0 Å². The lowest BCUT2D eigenvalue weighted by Crippen LogP contribution is -2.24. The molecule has 1 aromatic heterocycles. The monoisotopic (exact) mass is 230 g/mol. The van der Waals surface area contributed by atoms with Crippen molar-refractivity contribution >= 4 is 11.5 Å². The summed E-state index contributed by atoms with van der Waals surface area (Å²) in [6.45, 7) is 4.54. The summed E-state index contributed by atoms with van der Waals surface area (Å²) in [7, 11) is 0. The van der Waals surface area contributed by atoms with Crippen LogP contribution in [0.1, 0.15) is 32.4 Å². The Bertz CT molecular complexity index is 449. The van der Waals surface area contributed by atoms with Crippen molar-refractivity contribution in [2.45, 2.75) is 32.7 Å². The van der Waals surface area contributed by atoms with Crippen LogP contribution in [0.3, 0.4) is 0 Å². The molecule has 0 spiro atoms. The Labute approximate surface area is 102 Å². The van der Waals surface area contributed by atoms with Crippen LogP contribution in [0, 0.1) is 23.2 Å². The van der Waals surface area contributed by atoms with E-state index in [1.54, 1.807) is 6.07 Å². The van der Waals surface area contributed by atoms with Crippen LogP contribution in [0.15, 0.2) is 12.1 Å². The summed E-state index contributed by atoms with van der Waals surface area (Å²) in [6, 6.07) is 6.03. The highest BCUT2D eigenvalue weighted by molar-refractivity contribution is 5.54. The Kier molecular flexibility index (Phi) is 3.19. The smallest absolute Gasteiger partial charge is 0.165 e. The number of aromatic nitrogens is 1. The summed E-state index contributed by atoms with van der Waals surface area (Å²) >= 11 is 0. The molecular weight excluding hydrogens is 212 g/mol. The van der Waals surface area contributed by atoms with E-state index < -0.39 is 0 Å². The Morgan fingerprint density at radius 1 is 1.41 bits per heavy atom. The van der Waals surface area contributed by atoms with Gasteiger partial charge in [-0.2, -0.15) is 5.26 Å². The van der Waals surface area contributed by atoms with Gasteiger partial charge in [0.15, 0.2) is 5.69 Å². The van der Waals surface area contributed by atoms with Gasteiger partial charge in [-0.25, -0.2) is 4.98 Å². The number of nitrogens with zero attached hydrogens (tertiary/aromatic N) is 2. The molecule has 0 bridgehead atoms. The van der Waals surface area contributed by atoms with Crippen LogP contribution < -0.4 is 11.1 Å². The molecule has 1 saturated carbocycles. The summed E-state index contributed by atoms with van der Waals surface area (Å²) < 4.78 is 0. The van der Waals surface area contributed by atoms with Crippen LogP contribution in [0.4, 0.5) is 11.5 Å². The molecule has 1 aromatic rings. The van der Waals surface area contributed by atoms with Gasteiger partial charge >= 0.3 is 0 Å². The molecule has 1 aliphatic carbocycles. The molecule has 0 aliphatic heterocycles. The van der Waals surface area contributed by atoms with E-state index >= 15 is 0 Å². The standard InChI is InChI=1S/C13H18N4/c1-8-3-5-11(9(8)2)16-13-6-4-10(15)12(7-14)17-13/h4,6,8-9,11H,3,5,15H2,1-2H3,(H,16,17). The Balaban J connectivity index is 2.12. The molecule has 0 saturated heterocycles. The normalized spacial score (nSPS) is 27.7. The fourth-order valence-electron chi connectivity index (χ4n) is 2.40. The van der Waals surface area contributed by atoms with Crippen molar-refractivity contribution in [3.63, 3.8) is 0 Å². The molecule has 1 aliphatic rings. The van der Waals surface area contributed by atoms with Crippen molar-refractivity contribution in [1.82, 2.24) is 4.98 Å². The van der Waals surface area contributed by atoms with Crippen LogP contribution >= 0.6 is 0 Å². The summed E-state index contributed by atoms with van der Waals surface area (Å²) in [5.41, 5.74) is 6.38. The molecule has 0 amide bonds. The largest absolute Gasteiger partial charge is 0.396 e. The molecule has 0 aromatic carbocycles. The highest BCUT2D eigenvalue weighted by atomic mass is 15.0. The van der Waals surface area contributed by atoms with E-state index in [1.807, 2.05) is 12.1 Å². The fraction of sp³-hybridized carbons (Fsp3) is 0.538. The second-order valence-electron chi connectivity index (χ2n) is 4.91. The zero-order valence-electron chi connectivity index (χ0n) is 10.3. The predicted octanol–water partition coefficient (Wildman–Crippen LogP) is 2.38. The van der Waals surface area contributed by atoms with E-state index in [-0.39, 0.29) is 0 Å². The van der Waals surface area contributed by atoms with Gasteiger partial charge in [-0.05, 0) is 36.8 Å². The minimum Gasteiger partial charge on any atom is -0.396 e. The summed E-state index contributed by atoms with van der Waals surface area (Å²) in [5.74, 6) is 2.14. The molecule has 4 heteroatoms. The van der Waals surface area contributed by atoms with Gasteiger partial charge in [-0.3, -0.25) is 0 Å². The molecule has 3 N–H and O–H groups in total. The highest BCUT2D eigenvalue weighted by Crippen LogP contribution is 2.33. The molecule has 4 nitrogen and oxygen atoms in total. The zero-order valence-corrected chi connectivity index (χ0v) is 10.3. The Hall–Kier alpha value is -1.76. The van der Waals surface area contributed by atoms with Crippen molar-refractivity contribution in [1.29, 1.82) is 5.26 Å². The minimum atomic E-state index is 0.300. The topological polar surface area (TPSA) is 74.7 Å². The van der Waals surface area contributed by atoms with Crippen LogP contribution in [-0.4, -0.2) is 11.0 Å². The molecule has 3 unspecified atom stereocenters. The number of hydrogen-bond donors (Lipinski definition) is 2. The first-order valence-corrected chi connectivity index (χ1v) is 6.05. The second-order valence-corrected chi connectivity index (χ2v) is 4.91. The zero-order chi connectivity index (χ0) is 12.4. The first-order valence-electron chi connectivity index (χ1n) is 6.05. The first-order chi connectivity index (χ1) is 8.11. The van der Waals surface area contributed by atoms with Gasteiger partial charge < -0.3 is 11.1 Å². The van der Waals surface area contributed by atoms with Gasteiger partial charge in [0, 0.05) is 6.04 Å². The number of nitrogens with two attached hydrogens (primary N) is 1. The van der Waals surface area contributed by atoms with E-state index in [1.165, 1.54) is 6.42 Å². The maximum Gasteiger partial charge on any atom is 0.165 e. The SMILES string of the molecule is CC1CCC(Nc2ccc(N)c(C#N)n2)C1C. The second kappa shape index (κ2) is 4.62. The van der Waals surface area contributed by atoms with E-state index in [2.05, 4.69) is 24.1 Å². The number of pyridine rings is 1. The van der Waals surface area contributed by atoms with Crippen LogP contribution in [0.2, 0.25) is 0 Å². The number of anilines is 2. The van der Waals surface area contributed by atoms with Crippen molar-refractivity contribution in [2.24, 2.45) is 11.8 Å². The maximum absolute atomic E-state index is 8.88. The van der Waals surface area contributed by atoms with Crippen LogP contribution in [0.5, 0.6) is 0 Å². The lowest BCUT2D eigenvalue weighted by atomic mass is 9.98. The average molecular weight is 230 g/mol. The minimum absolute atomic E-state index is 0.300. The third-order valence-electron chi connectivity index (χ3n) is 3.83. The molecule has 0 radical (unpaired) electrons. The van der Waals surface area contributed by atoms with Crippen LogP contribution in [0.25, 0.3) is 0 Å². The molecule has 17 heavy (non-hydrogen) atoms. The average Bonchev–Trinajstić information content (AvgIpc) is 2.63. The third-order valence-corrected chi connectivity index (χ3v) is 3.83.